The molecule has 0 bridgehead atoms. The summed E-state index contributed by atoms with van der Waals surface area (Å²) in [6, 6.07) is 4.48. The van der Waals surface area contributed by atoms with Crippen LogP contribution in [0.4, 0.5) is 0 Å². The molecule has 146 valence electrons. The molecule has 1 aliphatic carbocycles. The Bertz CT molecular complexity index is 919. The molecule has 1 aromatic carbocycles. The molecule has 0 N–H and O–H groups in total. The zero-order valence-corrected chi connectivity index (χ0v) is 16.1. The summed E-state index contributed by atoms with van der Waals surface area (Å²) in [4.78, 5) is 12.6. The number of tetrazole rings is 1. The van der Waals surface area contributed by atoms with E-state index >= 15 is 0 Å². The van der Waals surface area contributed by atoms with Gasteiger partial charge in [0.1, 0.15) is 5.75 Å². The fourth-order valence-electron chi connectivity index (χ4n) is 3.28. The average Bonchev–Trinajstić information content (AvgIpc) is 3.18. The molecule has 0 amide bonds. The zero-order chi connectivity index (χ0) is 19.4. The van der Waals surface area contributed by atoms with E-state index in [0.717, 1.165) is 32.1 Å². The monoisotopic (exact) mass is 394 g/mol. The Balaban J connectivity index is 1.83. The standard InChI is InChI=1S/C17H22N4O5S/c1-25-15-9-8-12(10-16(15)26-2)14(22)11-27(23,24)17-18-19-20-21(17)13-6-4-3-5-7-13/h8-10,13H,3-7,11H2,1-2H3. The summed E-state index contributed by atoms with van der Waals surface area (Å²) in [5.74, 6) is -0.463. The number of hydrogen-bond donors (Lipinski definition) is 0. The second kappa shape index (κ2) is 8.03. The lowest BCUT2D eigenvalue weighted by Gasteiger charge is -2.22. The Labute approximate surface area is 157 Å². The Kier molecular flexibility index (Phi) is 5.73. The maximum Gasteiger partial charge on any atom is 0.268 e. The fraction of sp³-hybridized carbons (Fsp3) is 0.529. The highest BCUT2D eigenvalue weighted by molar-refractivity contribution is 7.92. The number of carbonyl (C=O) groups is 1. The van der Waals surface area contributed by atoms with Crippen molar-refractivity contribution in [1.82, 2.24) is 20.2 Å². The van der Waals surface area contributed by atoms with Crippen LogP contribution in [0.1, 0.15) is 48.5 Å². The van der Waals surface area contributed by atoms with E-state index in [-0.39, 0.29) is 16.8 Å². The number of rotatable bonds is 7. The first-order chi connectivity index (χ1) is 13.0. The third-order valence-electron chi connectivity index (χ3n) is 4.69. The van der Waals surface area contributed by atoms with Gasteiger partial charge in [-0.2, -0.15) is 0 Å². The van der Waals surface area contributed by atoms with Gasteiger partial charge in [0.15, 0.2) is 17.3 Å². The van der Waals surface area contributed by atoms with Crippen LogP contribution in [0.3, 0.4) is 0 Å². The molecule has 1 saturated carbocycles. The summed E-state index contributed by atoms with van der Waals surface area (Å²) in [6.45, 7) is 0. The molecule has 3 rings (SSSR count). The molecule has 1 aliphatic rings. The van der Waals surface area contributed by atoms with E-state index in [2.05, 4.69) is 15.5 Å². The van der Waals surface area contributed by atoms with E-state index < -0.39 is 21.4 Å². The highest BCUT2D eigenvalue weighted by Gasteiger charge is 2.30. The number of benzene rings is 1. The molecule has 0 aliphatic heterocycles. The number of ether oxygens (including phenoxy) is 2. The number of methoxy groups -OCH3 is 2. The lowest BCUT2D eigenvalue weighted by Crippen LogP contribution is -2.24. The van der Waals surface area contributed by atoms with E-state index in [1.165, 1.54) is 31.0 Å². The SMILES string of the molecule is COc1ccc(C(=O)CS(=O)(=O)c2nnnn2C2CCCCC2)cc1OC. The highest BCUT2D eigenvalue weighted by atomic mass is 32.2. The minimum Gasteiger partial charge on any atom is -0.493 e. The maximum absolute atomic E-state index is 12.8. The Hall–Kier alpha value is -2.49. The summed E-state index contributed by atoms with van der Waals surface area (Å²) in [5, 5.41) is 10.8. The second-order valence-corrected chi connectivity index (χ2v) is 8.33. The lowest BCUT2D eigenvalue weighted by atomic mass is 9.96. The predicted molar refractivity (Wildman–Crippen MR) is 95.9 cm³/mol. The quantitative estimate of drug-likeness (QED) is 0.654. The topological polar surface area (TPSA) is 113 Å². The van der Waals surface area contributed by atoms with Crippen molar-refractivity contribution in [2.75, 3.05) is 20.0 Å². The van der Waals surface area contributed by atoms with Crippen LogP contribution in [0.15, 0.2) is 23.4 Å². The third-order valence-corrected chi connectivity index (χ3v) is 6.16. The van der Waals surface area contributed by atoms with E-state index in [9.17, 15) is 13.2 Å². The second-order valence-electron chi connectivity index (χ2n) is 6.45. The van der Waals surface area contributed by atoms with Crippen LogP contribution in [0, 0.1) is 0 Å². The average molecular weight is 394 g/mol. The van der Waals surface area contributed by atoms with Crippen LogP contribution in [-0.4, -0.2) is 54.4 Å². The summed E-state index contributed by atoms with van der Waals surface area (Å²) in [5.41, 5.74) is 0.216. The molecular weight excluding hydrogens is 372 g/mol. The van der Waals surface area contributed by atoms with Crippen molar-refractivity contribution in [1.29, 1.82) is 0 Å². The number of sulfone groups is 1. The Morgan fingerprint density at radius 1 is 1.15 bits per heavy atom. The highest BCUT2D eigenvalue weighted by Crippen LogP contribution is 2.30. The molecule has 10 heteroatoms. The van der Waals surface area contributed by atoms with Gasteiger partial charge in [0, 0.05) is 5.56 Å². The van der Waals surface area contributed by atoms with Crippen molar-refractivity contribution in [3.63, 3.8) is 0 Å². The molecule has 1 aromatic heterocycles. The number of aromatic nitrogens is 4. The van der Waals surface area contributed by atoms with Crippen molar-refractivity contribution < 1.29 is 22.7 Å². The molecular formula is C17H22N4O5S. The van der Waals surface area contributed by atoms with Crippen LogP contribution in [-0.2, 0) is 9.84 Å². The van der Waals surface area contributed by atoms with E-state index in [0.29, 0.717) is 11.5 Å². The first-order valence-electron chi connectivity index (χ1n) is 8.72. The molecule has 0 atom stereocenters. The van der Waals surface area contributed by atoms with Crippen molar-refractivity contribution in [2.24, 2.45) is 0 Å². The number of hydrogen-bond acceptors (Lipinski definition) is 8. The van der Waals surface area contributed by atoms with Gasteiger partial charge in [-0.25, -0.2) is 13.1 Å². The van der Waals surface area contributed by atoms with E-state index in [4.69, 9.17) is 9.47 Å². The van der Waals surface area contributed by atoms with Crippen LogP contribution in [0.2, 0.25) is 0 Å². The van der Waals surface area contributed by atoms with Crippen LogP contribution in [0.5, 0.6) is 11.5 Å². The van der Waals surface area contributed by atoms with Crippen molar-refractivity contribution in [3.8, 4) is 11.5 Å². The zero-order valence-electron chi connectivity index (χ0n) is 15.3. The summed E-state index contributed by atoms with van der Waals surface area (Å²) in [6.07, 6.45) is 4.80. The minimum absolute atomic E-state index is 0.0466. The molecule has 0 saturated heterocycles. The Morgan fingerprint density at radius 3 is 2.52 bits per heavy atom. The smallest absolute Gasteiger partial charge is 0.268 e. The predicted octanol–water partition coefficient (Wildman–Crippen LogP) is 1.85. The summed E-state index contributed by atoms with van der Waals surface area (Å²) in [7, 11) is -1.05. The maximum atomic E-state index is 12.8. The van der Waals surface area contributed by atoms with Crippen molar-refractivity contribution >= 4 is 15.6 Å². The van der Waals surface area contributed by atoms with Gasteiger partial charge < -0.3 is 9.47 Å². The molecule has 2 aromatic rings. The van der Waals surface area contributed by atoms with Gasteiger partial charge in [-0.3, -0.25) is 4.79 Å². The van der Waals surface area contributed by atoms with Gasteiger partial charge in [-0.05, 0) is 41.5 Å². The van der Waals surface area contributed by atoms with Crippen LogP contribution in [0.25, 0.3) is 0 Å². The first-order valence-corrected chi connectivity index (χ1v) is 10.4. The third kappa shape index (κ3) is 4.10. The van der Waals surface area contributed by atoms with E-state index in [1.54, 1.807) is 6.07 Å². The van der Waals surface area contributed by atoms with Gasteiger partial charge in [-0.1, -0.05) is 24.4 Å². The molecule has 0 radical (unpaired) electrons. The number of ketones is 1. The van der Waals surface area contributed by atoms with Gasteiger partial charge in [-0.15, -0.1) is 0 Å². The van der Waals surface area contributed by atoms with Gasteiger partial charge >= 0.3 is 0 Å². The van der Waals surface area contributed by atoms with Crippen LogP contribution >= 0.6 is 0 Å². The van der Waals surface area contributed by atoms with Gasteiger partial charge in [0.25, 0.3) is 5.16 Å². The molecule has 0 spiro atoms. The molecule has 9 nitrogen and oxygen atoms in total. The van der Waals surface area contributed by atoms with Gasteiger partial charge in [0.2, 0.25) is 9.84 Å². The largest absolute Gasteiger partial charge is 0.493 e. The normalized spacial score (nSPS) is 15.5. The molecule has 0 unspecified atom stereocenters. The summed E-state index contributed by atoms with van der Waals surface area (Å²) < 4.78 is 37.2. The van der Waals surface area contributed by atoms with Crippen molar-refractivity contribution in [3.05, 3.63) is 23.8 Å². The first kappa shape index (κ1) is 19.3. The minimum atomic E-state index is -3.97. The lowest BCUT2D eigenvalue weighted by molar-refractivity contribution is 0.102. The van der Waals surface area contributed by atoms with Gasteiger partial charge in [0.05, 0.1) is 20.3 Å². The van der Waals surface area contributed by atoms with E-state index in [1.807, 2.05) is 0 Å². The number of nitrogens with zero attached hydrogens (tertiary/aromatic N) is 4. The van der Waals surface area contributed by atoms with Crippen molar-refractivity contribution in [2.45, 2.75) is 43.3 Å². The molecule has 27 heavy (non-hydrogen) atoms. The molecule has 1 heterocycles. The van der Waals surface area contributed by atoms with Crippen LogP contribution < -0.4 is 9.47 Å². The summed E-state index contributed by atoms with van der Waals surface area (Å²) >= 11 is 0. The molecule has 1 fully saturated rings. The Morgan fingerprint density at radius 2 is 1.85 bits per heavy atom. The number of carbonyl (C=O) groups excluding carboxylic acids is 1. The number of Topliss-reactive ketones (excluding diaryl/α,β-unsaturated/α-hetero) is 1. The fourth-order valence-corrected chi connectivity index (χ4v) is 4.55.